The van der Waals surface area contributed by atoms with E-state index in [0.717, 1.165) is 6.42 Å². The van der Waals surface area contributed by atoms with Crippen LogP contribution in [0.15, 0.2) is 0 Å². The molecule has 0 atom stereocenters. The summed E-state index contributed by atoms with van der Waals surface area (Å²) in [5, 5.41) is 0. The van der Waals surface area contributed by atoms with Crippen molar-refractivity contribution in [2.75, 3.05) is 0 Å². The molecule has 68 valence electrons. The number of nitrogens with two attached hydrogens (primary N) is 1. The molecule has 0 saturated heterocycles. The minimum Gasteiger partial charge on any atom is -0.326 e. The van der Waals surface area contributed by atoms with Crippen LogP contribution in [0.25, 0.3) is 0 Å². The van der Waals surface area contributed by atoms with E-state index in [1.165, 1.54) is 0 Å². The Labute approximate surface area is 74.5 Å². The van der Waals surface area contributed by atoms with Gasteiger partial charge >= 0.3 is 0 Å². The van der Waals surface area contributed by atoms with Crippen molar-refractivity contribution in [3.05, 3.63) is 0 Å². The third-order valence-electron chi connectivity index (χ3n) is 1.60. The summed E-state index contributed by atoms with van der Waals surface area (Å²) < 4.78 is 0. The zero-order valence-corrected chi connectivity index (χ0v) is 7.89. The maximum Gasteiger partial charge on any atom is 0.133 e. The van der Waals surface area contributed by atoms with Crippen LogP contribution in [0.3, 0.4) is 0 Å². The van der Waals surface area contributed by atoms with Crippen molar-refractivity contribution in [3.63, 3.8) is 0 Å². The summed E-state index contributed by atoms with van der Waals surface area (Å²) >= 11 is 0. The van der Waals surface area contributed by atoms with E-state index in [0.29, 0.717) is 19.3 Å². The zero-order valence-electron chi connectivity index (χ0n) is 7.89. The number of hydrogen-bond donors (Lipinski definition) is 1. The van der Waals surface area contributed by atoms with Crippen LogP contribution in [0.1, 0.15) is 39.5 Å². The Balaban J connectivity index is 3.53. The lowest BCUT2D eigenvalue weighted by molar-refractivity contribution is -0.119. The molecule has 0 aromatic carbocycles. The summed E-state index contributed by atoms with van der Waals surface area (Å²) in [5.74, 6) is 2.66. The molecule has 0 spiro atoms. The van der Waals surface area contributed by atoms with Gasteiger partial charge in [0.25, 0.3) is 0 Å². The van der Waals surface area contributed by atoms with Crippen molar-refractivity contribution in [3.8, 4) is 12.3 Å². The first-order valence-corrected chi connectivity index (χ1v) is 4.20. The predicted octanol–water partition coefficient (Wildman–Crippen LogP) is 1.49. The lowest BCUT2D eigenvalue weighted by atomic mass is 9.97. The molecule has 0 amide bonds. The first-order chi connectivity index (χ1) is 5.45. The number of carbonyl (C=O) groups is 1. The van der Waals surface area contributed by atoms with Crippen molar-refractivity contribution in [2.45, 2.75) is 45.1 Å². The van der Waals surface area contributed by atoms with Crippen LogP contribution < -0.4 is 5.73 Å². The van der Waals surface area contributed by atoms with Gasteiger partial charge in [0.15, 0.2) is 0 Å². The highest BCUT2D eigenvalue weighted by molar-refractivity contribution is 5.78. The van der Waals surface area contributed by atoms with E-state index in [1.807, 2.05) is 13.8 Å². The number of Topliss-reactive ketones (excluding diaryl/α,β-unsaturated/α-hetero) is 1. The van der Waals surface area contributed by atoms with Crippen molar-refractivity contribution < 1.29 is 4.79 Å². The molecule has 0 aromatic heterocycles. The van der Waals surface area contributed by atoms with E-state index >= 15 is 0 Å². The third kappa shape index (κ3) is 7.30. The molecule has 0 fully saturated rings. The third-order valence-corrected chi connectivity index (χ3v) is 1.60. The average molecular weight is 167 g/mol. The summed E-state index contributed by atoms with van der Waals surface area (Å²) in [5.41, 5.74) is 5.48. The fraction of sp³-hybridized carbons (Fsp3) is 0.700. The second kappa shape index (κ2) is 4.95. The molecule has 12 heavy (non-hydrogen) atoms. The summed E-state index contributed by atoms with van der Waals surface area (Å²) in [6.07, 6.45) is 7.35. The van der Waals surface area contributed by atoms with Gasteiger partial charge < -0.3 is 5.73 Å². The molecule has 0 aliphatic heterocycles. The molecule has 0 saturated carbocycles. The quantitative estimate of drug-likeness (QED) is 0.630. The van der Waals surface area contributed by atoms with Gasteiger partial charge in [0, 0.05) is 24.8 Å². The summed E-state index contributed by atoms with van der Waals surface area (Å²) in [6.45, 7) is 3.84. The molecule has 2 heteroatoms. The van der Waals surface area contributed by atoms with Gasteiger partial charge in [0.05, 0.1) is 0 Å². The van der Waals surface area contributed by atoms with Crippen LogP contribution in [-0.2, 0) is 4.79 Å². The lowest BCUT2D eigenvalue weighted by Crippen LogP contribution is -2.32. The van der Waals surface area contributed by atoms with Crippen molar-refractivity contribution in [1.82, 2.24) is 0 Å². The zero-order chi connectivity index (χ0) is 9.61. The average Bonchev–Trinajstić information content (AvgIpc) is 1.95. The summed E-state index contributed by atoms with van der Waals surface area (Å²) in [6, 6.07) is 0. The summed E-state index contributed by atoms with van der Waals surface area (Å²) in [4.78, 5) is 11.1. The standard InChI is InChI=1S/C10H17NO/c1-4-5-6-9(12)7-8-10(2,3)11/h1H,5-8,11H2,2-3H3. The van der Waals surface area contributed by atoms with Crippen molar-refractivity contribution >= 4 is 5.78 Å². The van der Waals surface area contributed by atoms with Gasteiger partial charge in [-0.2, -0.15) is 0 Å². The van der Waals surface area contributed by atoms with E-state index < -0.39 is 0 Å². The summed E-state index contributed by atoms with van der Waals surface area (Å²) in [7, 11) is 0. The molecule has 0 unspecified atom stereocenters. The highest BCUT2D eigenvalue weighted by atomic mass is 16.1. The molecule has 0 bridgehead atoms. The van der Waals surface area contributed by atoms with Gasteiger partial charge in [0.1, 0.15) is 5.78 Å². The molecule has 0 radical (unpaired) electrons. The number of carbonyl (C=O) groups excluding carboxylic acids is 1. The van der Waals surface area contributed by atoms with Gasteiger partial charge in [-0.05, 0) is 20.3 Å². The van der Waals surface area contributed by atoms with Crippen LogP contribution in [0.4, 0.5) is 0 Å². The fourth-order valence-corrected chi connectivity index (χ4v) is 0.798. The number of terminal acetylenes is 1. The number of rotatable bonds is 5. The van der Waals surface area contributed by atoms with Crippen LogP contribution in [0.5, 0.6) is 0 Å². The SMILES string of the molecule is C#CCCC(=O)CCC(C)(C)N. The Bertz CT molecular complexity index is 183. The van der Waals surface area contributed by atoms with Crippen LogP contribution in [0, 0.1) is 12.3 Å². The normalized spacial score (nSPS) is 10.8. The largest absolute Gasteiger partial charge is 0.326 e. The molecule has 0 heterocycles. The van der Waals surface area contributed by atoms with Gasteiger partial charge in [-0.25, -0.2) is 0 Å². The lowest BCUT2D eigenvalue weighted by Gasteiger charge is -2.16. The molecular weight excluding hydrogens is 150 g/mol. The Morgan fingerprint density at radius 3 is 2.50 bits per heavy atom. The Hall–Kier alpha value is -0.810. The first kappa shape index (κ1) is 11.2. The van der Waals surface area contributed by atoms with E-state index in [-0.39, 0.29) is 11.3 Å². The van der Waals surface area contributed by atoms with Crippen molar-refractivity contribution in [1.29, 1.82) is 0 Å². The van der Waals surface area contributed by atoms with E-state index in [1.54, 1.807) is 0 Å². The highest BCUT2D eigenvalue weighted by Gasteiger charge is 2.12. The van der Waals surface area contributed by atoms with E-state index in [2.05, 4.69) is 5.92 Å². The van der Waals surface area contributed by atoms with Gasteiger partial charge in [-0.15, -0.1) is 12.3 Å². The fourth-order valence-electron chi connectivity index (χ4n) is 0.798. The molecular formula is C10H17NO. The molecule has 2 N–H and O–H groups in total. The van der Waals surface area contributed by atoms with Gasteiger partial charge in [-0.3, -0.25) is 4.79 Å². The van der Waals surface area contributed by atoms with Gasteiger partial charge in [0.2, 0.25) is 0 Å². The minimum atomic E-state index is -0.244. The Morgan fingerprint density at radius 1 is 1.50 bits per heavy atom. The van der Waals surface area contributed by atoms with Crippen LogP contribution in [-0.4, -0.2) is 11.3 Å². The van der Waals surface area contributed by atoms with Gasteiger partial charge in [-0.1, -0.05) is 0 Å². The monoisotopic (exact) mass is 167 g/mol. The molecule has 0 aromatic rings. The molecule has 0 rings (SSSR count). The smallest absolute Gasteiger partial charge is 0.133 e. The Morgan fingerprint density at radius 2 is 2.08 bits per heavy atom. The first-order valence-electron chi connectivity index (χ1n) is 4.20. The maximum absolute atomic E-state index is 11.1. The second-order valence-corrected chi connectivity index (χ2v) is 3.73. The topological polar surface area (TPSA) is 43.1 Å². The molecule has 2 nitrogen and oxygen atoms in total. The molecule has 0 aliphatic carbocycles. The number of ketones is 1. The minimum absolute atomic E-state index is 0.214. The van der Waals surface area contributed by atoms with E-state index in [4.69, 9.17) is 12.2 Å². The van der Waals surface area contributed by atoms with Crippen molar-refractivity contribution in [2.24, 2.45) is 5.73 Å². The predicted molar refractivity (Wildman–Crippen MR) is 50.6 cm³/mol. The number of hydrogen-bond acceptors (Lipinski definition) is 2. The van der Waals surface area contributed by atoms with Crippen LogP contribution >= 0.6 is 0 Å². The Kier molecular flexibility index (Phi) is 4.61. The second-order valence-electron chi connectivity index (χ2n) is 3.73. The molecule has 0 aliphatic rings. The van der Waals surface area contributed by atoms with Crippen LogP contribution in [0.2, 0.25) is 0 Å². The van der Waals surface area contributed by atoms with E-state index in [9.17, 15) is 4.79 Å². The highest BCUT2D eigenvalue weighted by Crippen LogP contribution is 2.08. The maximum atomic E-state index is 11.1.